The quantitative estimate of drug-likeness (QED) is 0.110. The highest BCUT2D eigenvalue weighted by Gasteiger charge is 2.32. The normalized spacial score (nSPS) is 14.8. The van der Waals surface area contributed by atoms with Gasteiger partial charge in [-0.15, -0.1) is 0 Å². The fourth-order valence-corrected chi connectivity index (χ4v) is 3.23. The van der Waals surface area contributed by atoms with Crippen molar-refractivity contribution in [3.63, 3.8) is 0 Å². The van der Waals surface area contributed by atoms with E-state index in [1.165, 1.54) is 6.92 Å². The summed E-state index contributed by atoms with van der Waals surface area (Å²) in [7, 11) is 0. The maximum Gasteiger partial charge on any atom is 0.326 e. The van der Waals surface area contributed by atoms with Crippen molar-refractivity contribution < 1.29 is 39.0 Å². The number of benzene rings is 1. The first-order chi connectivity index (χ1) is 17.3. The predicted octanol–water partition coefficient (Wildman–Crippen LogP) is -2.99. The second kappa shape index (κ2) is 15.2. The molecule has 0 fully saturated rings. The predicted molar refractivity (Wildman–Crippen MR) is 130 cm³/mol. The minimum atomic E-state index is -1.56. The highest BCUT2D eigenvalue weighted by Crippen LogP contribution is 2.07. The van der Waals surface area contributed by atoms with Crippen LogP contribution in [-0.2, 0) is 35.2 Å². The molecule has 1 aromatic carbocycles. The summed E-state index contributed by atoms with van der Waals surface area (Å²) in [4.78, 5) is 72.0. The molecule has 0 aliphatic carbocycles. The van der Waals surface area contributed by atoms with Crippen LogP contribution in [0.3, 0.4) is 0 Å². The first-order valence-corrected chi connectivity index (χ1v) is 11.5. The average molecular weight is 523 g/mol. The Labute approximate surface area is 213 Å². The number of aliphatic hydroxyl groups is 1. The smallest absolute Gasteiger partial charge is 0.326 e. The van der Waals surface area contributed by atoms with E-state index in [0.717, 1.165) is 0 Å². The molecule has 5 amide bonds. The third kappa shape index (κ3) is 11.5. The molecule has 37 heavy (non-hydrogen) atoms. The van der Waals surface area contributed by atoms with Gasteiger partial charge in [-0.25, -0.2) is 4.79 Å². The van der Waals surface area contributed by atoms with Crippen LogP contribution in [0.2, 0.25) is 0 Å². The zero-order valence-electron chi connectivity index (χ0n) is 20.4. The SMILES string of the molecule is CC(O)C(NC(=O)C(N)CCC(N)=O)C(=O)NC(CCC(N)=O)C(=O)NC(Cc1ccccc1)C(=O)O. The number of carboxylic acids is 1. The number of nitrogens with one attached hydrogen (secondary N) is 3. The van der Waals surface area contributed by atoms with Gasteiger partial charge in [0, 0.05) is 19.3 Å². The fourth-order valence-electron chi connectivity index (χ4n) is 3.23. The number of carbonyl (C=O) groups is 6. The summed E-state index contributed by atoms with van der Waals surface area (Å²) in [6.07, 6.45) is -2.35. The van der Waals surface area contributed by atoms with Crippen LogP contribution in [-0.4, -0.2) is 76.0 Å². The van der Waals surface area contributed by atoms with Gasteiger partial charge in [0.05, 0.1) is 12.1 Å². The summed E-state index contributed by atoms with van der Waals surface area (Å²) in [6.45, 7) is 1.21. The minimum absolute atomic E-state index is 0.0477. The van der Waals surface area contributed by atoms with Gasteiger partial charge in [0.25, 0.3) is 0 Å². The topological polar surface area (TPSA) is 257 Å². The number of carboxylic acid groups (broad SMARTS) is 1. The summed E-state index contributed by atoms with van der Waals surface area (Å²) < 4.78 is 0. The molecule has 14 nitrogen and oxygen atoms in total. The number of hydrogen-bond donors (Lipinski definition) is 8. The van der Waals surface area contributed by atoms with Gasteiger partial charge in [0.15, 0.2) is 0 Å². The molecule has 0 aliphatic rings. The molecule has 0 spiro atoms. The Hall–Kier alpha value is -4.04. The number of rotatable bonds is 16. The fraction of sp³-hybridized carbons (Fsp3) is 0.478. The number of amides is 5. The summed E-state index contributed by atoms with van der Waals surface area (Å²) in [5, 5.41) is 26.5. The largest absolute Gasteiger partial charge is 0.480 e. The molecule has 11 N–H and O–H groups in total. The lowest BCUT2D eigenvalue weighted by Gasteiger charge is -2.26. The van der Waals surface area contributed by atoms with Gasteiger partial charge in [-0.1, -0.05) is 30.3 Å². The Bertz CT molecular complexity index is 971. The molecule has 14 heteroatoms. The first kappa shape index (κ1) is 31.0. The third-order valence-corrected chi connectivity index (χ3v) is 5.31. The highest BCUT2D eigenvalue weighted by atomic mass is 16.4. The van der Waals surface area contributed by atoms with Crippen molar-refractivity contribution in [3.8, 4) is 0 Å². The van der Waals surface area contributed by atoms with Crippen LogP contribution < -0.4 is 33.2 Å². The van der Waals surface area contributed by atoms with E-state index in [9.17, 15) is 39.0 Å². The first-order valence-electron chi connectivity index (χ1n) is 11.5. The number of aliphatic hydroxyl groups excluding tert-OH is 1. The molecule has 0 saturated heterocycles. The van der Waals surface area contributed by atoms with Gasteiger partial charge in [-0.2, -0.15) is 0 Å². The third-order valence-electron chi connectivity index (χ3n) is 5.31. The van der Waals surface area contributed by atoms with Crippen molar-refractivity contribution in [2.75, 3.05) is 0 Å². The molecule has 0 saturated carbocycles. The molecule has 0 aliphatic heterocycles. The molecule has 5 atom stereocenters. The van der Waals surface area contributed by atoms with Crippen LogP contribution in [0.4, 0.5) is 0 Å². The van der Waals surface area contributed by atoms with Crippen LogP contribution in [0, 0.1) is 0 Å². The lowest BCUT2D eigenvalue weighted by molar-refractivity contribution is -0.142. The van der Waals surface area contributed by atoms with E-state index in [4.69, 9.17) is 17.2 Å². The van der Waals surface area contributed by atoms with Crippen molar-refractivity contribution in [3.05, 3.63) is 35.9 Å². The van der Waals surface area contributed by atoms with E-state index < -0.39 is 65.8 Å². The van der Waals surface area contributed by atoms with Crippen LogP contribution >= 0.6 is 0 Å². The van der Waals surface area contributed by atoms with E-state index in [1.54, 1.807) is 30.3 Å². The van der Waals surface area contributed by atoms with Gasteiger partial charge in [-0.05, 0) is 25.3 Å². The summed E-state index contributed by atoms with van der Waals surface area (Å²) in [5.41, 5.74) is 16.5. The molecule has 0 heterocycles. The Balaban J connectivity index is 2.98. The lowest BCUT2D eigenvalue weighted by atomic mass is 10.0. The second-order valence-electron chi connectivity index (χ2n) is 8.49. The molecule has 204 valence electrons. The lowest BCUT2D eigenvalue weighted by Crippen LogP contribution is -2.60. The van der Waals surface area contributed by atoms with Crippen LogP contribution in [0.15, 0.2) is 30.3 Å². The van der Waals surface area contributed by atoms with Gasteiger partial charge in [0.2, 0.25) is 29.5 Å². The number of aliphatic carboxylic acids is 1. The number of primary amides is 2. The Morgan fingerprint density at radius 1 is 0.811 bits per heavy atom. The van der Waals surface area contributed by atoms with E-state index in [2.05, 4.69) is 16.0 Å². The van der Waals surface area contributed by atoms with Crippen molar-refractivity contribution in [2.24, 2.45) is 17.2 Å². The average Bonchev–Trinajstić information content (AvgIpc) is 2.82. The Morgan fingerprint density at radius 2 is 1.35 bits per heavy atom. The summed E-state index contributed by atoms with van der Waals surface area (Å²) in [5.74, 6) is -5.53. The van der Waals surface area contributed by atoms with Gasteiger partial charge in [-0.3, -0.25) is 24.0 Å². The molecule has 1 aromatic rings. The Morgan fingerprint density at radius 3 is 1.86 bits per heavy atom. The van der Waals surface area contributed by atoms with Crippen LogP contribution in [0.25, 0.3) is 0 Å². The molecule has 0 bridgehead atoms. The zero-order valence-corrected chi connectivity index (χ0v) is 20.4. The van der Waals surface area contributed by atoms with Crippen molar-refractivity contribution in [1.82, 2.24) is 16.0 Å². The molecular formula is C23H34N6O8. The standard InChI is InChI=1S/C23H34N6O8/c1-12(30)19(29-20(33)14(24)7-9-17(25)31)22(35)27-15(8-10-18(26)32)21(34)28-16(23(36)37)11-13-5-3-2-4-6-13/h2-6,12,14-16,19,30H,7-11,24H2,1H3,(H2,25,31)(H2,26,32)(H,27,35)(H,28,34)(H,29,33)(H,36,37). The van der Waals surface area contributed by atoms with E-state index in [1.807, 2.05) is 0 Å². The van der Waals surface area contributed by atoms with Gasteiger partial charge < -0.3 is 43.4 Å². The molecule has 1 rings (SSSR count). The second-order valence-corrected chi connectivity index (χ2v) is 8.49. The van der Waals surface area contributed by atoms with Crippen molar-refractivity contribution in [1.29, 1.82) is 0 Å². The minimum Gasteiger partial charge on any atom is -0.480 e. The molecule has 0 aromatic heterocycles. The number of hydrogen-bond acceptors (Lipinski definition) is 8. The van der Waals surface area contributed by atoms with Gasteiger partial charge in [0.1, 0.15) is 18.1 Å². The summed E-state index contributed by atoms with van der Waals surface area (Å²) >= 11 is 0. The van der Waals surface area contributed by atoms with Crippen LogP contribution in [0.5, 0.6) is 0 Å². The van der Waals surface area contributed by atoms with Crippen LogP contribution in [0.1, 0.15) is 38.2 Å². The van der Waals surface area contributed by atoms with Crippen molar-refractivity contribution in [2.45, 2.75) is 69.3 Å². The molecule has 5 unspecified atom stereocenters. The maximum absolute atomic E-state index is 12.9. The monoisotopic (exact) mass is 522 g/mol. The molecule has 0 radical (unpaired) electrons. The van der Waals surface area contributed by atoms with E-state index in [0.29, 0.717) is 5.56 Å². The molecular weight excluding hydrogens is 488 g/mol. The maximum atomic E-state index is 12.9. The Kier molecular flexibility index (Phi) is 12.7. The van der Waals surface area contributed by atoms with Gasteiger partial charge >= 0.3 is 5.97 Å². The van der Waals surface area contributed by atoms with E-state index >= 15 is 0 Å². The summed E-state index contributed by atoms with van der Waals surface area (Å²) in [6, 6.07) is 2.98. The highest BCUT2D eigenvalue weighted by molar-refractivity contribution is 5.94. The number of carbonyl (C=O) groups excluding carboxylic acids is 5. The number of nitrogens with two attached hydrogens (primary N) is 3. The van der Waals surface area contributed by atoms with Crippen molar-refractivity contribution >= 4 is 35.5 Å². The zero-order chi connectivity index (χ0) is 28.1. The van der Waals surface area contributed by atoms with E-state index in [-0.39, 0.29) is 32.1 Å².